The Bertz CT molecular complexity index is 616. The zero-order chi connectivity index (χ0) is 14.0. The molecule has 0 radical (unpaired) electrons. The highest BCUT2D eigenvalue weighted by Crippen LogP contribution is 2.21. The van der Waals surface area contributed by atoms with Crippen LogP contribution in [0, 0.1) is 5.41 Å². The second-order valence-electron chi connectivity index (χ2n) is 4.32. The van der Waals surface area contributed by atoms with Crippen molar-refractivity contribution >= 4 is 17.4 Å². The molecule has 100 valence electrons. The first kappa shape index (κ1) is 13.6. The average molecular weight is 277 g/mol. The molecule has 0 aliphatic heterocycles. The zero-order valence-corrected chi connectivity index (χ0v) is 11.8. The van der Waals surface area contributed by atoms with Crippen molar-refractivity contribution < 1.29 is 0 Å². The van der Waals surface area contributed by atoms with Gasteiger partial charge in [-0.15, -0.1) is 0 Å². The van der Waals surface area contributed by atoms with Crippen molar-refractivity contribution in [1.29, 1.82) is 5.41 Å². The summed E-state index contributed by atoms with van der Waals surface area (Å²) >= 11 is 6.15. The Morgan fingerprint density at radius 1 is 1.32 bits per heavy atom. The van der Waals surface area contributed by atoms with Gasteiger partial charge in [-0.05, 0) is 37.1 Å². The number of nitrogens with zero attached hydrogens (tertiary/aromatic N) is 2. The fourth-order valence-corrected chi connectivity index (χ4v) is 2.25. The topological polar surface area (TPSA) is 67.7 Å². The van der Waals surface area contributed by atoms with Crippen molar-refractivity contribution in [3.8, 4) is 5.69 Å². The SMILES string of the molecule is CCc1cc(CC)n(-c2ccc(C(=N)N)c(Cl)c2)n1. The molecule has 2 aromatic rings. The Morgan fingerprint density at radius 3 is 2.58 bits per heavy atom. The monoisotopic (exact) mass is 276 g/mol. The molecule has 0 unspecified atom stereocenters. The first-order valence-corrected chi connectivity index (χ1v) is 6.66. The summed E-state index contributed by atoms with van der Waals surface area (Å²) in [6, 6.07) is 7.54. The van der Waals surface area contributed by atoms with Crippen LogP contribution in [0.1, 0.15) is 30.8 Å². The van der Waals surface area contributed by atoms with Crippen molar-refractivity contribution in [2.45, 2.75) is 26.7 Å². The van der Waals surface area contributed by atoms with Gasteiger partial charge in [0, 0.05) is 11.3 Å². The van der Waals surface area contributed by atoms with Crippen LogP contribution < -0.4 is 5.73 Å². The molecule has 5 heteroatoms. The minimum Gasteiger partial charge on any atom is -0.384 e. The molecule has 2 rings (SSSR count). The third-order valence-electron chi connectivity index (χ3n) is 3.05. The number of aryl methyl sites for hydroxylation is 2. The number of hydrogen-bond donors (Lipinski definition) is 2. The average Bonchev–Trinajstić information content (AvgIpc) is 2.81. The molecule has 1 heterocycles. The molecule has 0 bridgehead atoms. The van der Waals surface area contributed by atoms with Crippen molar-refractivity contribution in [3.63, 3.8) is 0 Å². The van der Waals surface area contributed by atoms with E-state index in [2.05, 4.69) is 25.0 Å². The molecule has 19 heavy (non-hydrogen) atoms. The molecular formula is C14H17ClN4. The summed E-state index contributed by atoms with van der Waals surface area (Å²) in [7, 11) is 0. The van der Waals surface area contributed by atoms with Crippen LogP contribution in [-0.2, 0) is 12.8 Å². The smallest absolute Gasteiger partial charge is 0.124 e. The van der Waals surface area contributed by atoms with Crippen molar-refractivity contribution in [1.82, 2.24) is 9.78 Å². The lowest BCUT2D eigenvalue weighted by Gasteiger charge is -2.08. The molecule has 0 amide bonds. The molecule has 0 saturated heterocycles. The maximum Gasteiger partial charge on any atom is 0.124 e. The number of benzene rings is 1. The van der Waals surface area contributed by atoms with Gasteiger partial charge in [-0.1, -0.05) is 25.4 Å². The van der Waals surface area contributed by atoms with Crippen molar-refractivity contribution in [2.75, 3.05) is 0 Å². The first-order valence-electron chi connectivity index (χ1n) is 6.29. The van der Waals surface area contributed by atoms with Gasteiger partial charge in [0.2, 0.25) is 0 Å². The highest BCUT2D eigenvalue weighted by Gasteiger charge is 2.10. The number of hydrogen-bond acceptors (Lipinski definition) is 2. The summed E-state index contributed by atoms with van der Waals surface area (Å²) in [6.07, 6.45) is 1.80. The number of rotatable bonds is 4. The van der Waals surface area contributed by atoms with Crippen LogP contribution in [0.25, 0.3) is 5.69 Å². The lowest BCUT2D eigenvalue weighted by Crippen LogP contribution is -2.12. The normalized spacial score (nSPS) is 10.7. The van der Waals surface area contributed by atoms with E-state index in [0.29, 0.717) is 10.6 Å². The Morgan fingerprint density at radius 2 is 2.05 bits per heavy atom. The summed E-state index contributed by atoms with van der Waals surface area (Å²) in [6.45, 7) is 4.18. The van der Waals surface area contributed by atoms with E-state index in [9.17, 15) is 0 Å². The maximum absolute atomic E-state index is 7.43. The maximum atomic E-state index is 7.43. The van der Waals surface area contributed by atoms with E-state index in [1.165, 1.54) is 0 Å². The Hall–Kier alpha value is -1.81. The van der Waals surface area contributed by atoms with E-state index < -0.39 is 0 Å². The summed E-state index contributed by atoms with van der Waals surface area (Å²) in [5.41, 5.74) is 9.10. The highest BCUT2D eigenvalue weighted by molar-refractivity contribution is 6.34. The molecule has 1 aromatic carbocycles. The Labute approximate surface area is 117 Å². The van der Waals surface area contributed by atoms with Gasteiger partial charge in [0.05, 0.1) is 16.4 Å². The van der Waals surface area contributed by atoms with Crippen LogP contribution in [0.5, 0.6) is 0 Å². The van der Waals surface area contributed by atoms with Crippen molar-refractivity contribution in [3.05, 3.63) is 46.2 Å². The largest absolute Gasteiger partial charge is 0.384 e. The highest BCUT2D eigenvalue weighted by atomic mass is 35.5. The molecule has 4 nitrogen and oxygen atoms in total. The lowest BCUT2D eigenvalue weighted by molar-refractivity contribution is 0.794. The Kier molecular flexibility index (Phi) is 3.90. The molecule has 1 aromatic heterocycles. The van der Waals surface area contributed by atoms with E-state index in [4.69, 9.17) is 22.7 Å². The fourth-order valence-electron chi connectivity index (χ4n) is 1.98. The van der Waals surface area contributed by atoms with Crippen LogP contribution in [0.3, 0.4) is 0 Å². The van der Waals surface area contributed by atoms with Gasteiger partial charge in [0.1, 0.15) is 5.84 Å². The predicted molar refractivity (Wildman–Crippen MR) is 78.3 cm³/mol. The quantitative estimate of drug-likeness (QED) is 0.666. The van der Waals surface area contributed by atoms with Crippen LogP contribution in [0.2, 0.25) is 5.02 Å². The Balaban J connectivity index is 2.50. The standard InChI is InChI=1S/C14H17ClN4/c1-3-9-7-10(4-2)19(18-9)11-5-6-12(14(16)17)13(15)8-11/h5-8H,3-4H2,1-2H3,(H3,16,17). The van der Waals surface area contributed by atoms with Gasteiger partial charge in [0.25, 0.3) is 0 Å². The molecule has 0 atom stereocenters. The second kappa shape index (κ2) is 5.45. The third-order valence-corrected chi connectivity index (χ3v) is 3.36. The number of nitrogens with two attached hydrogens (primary N) is 1. The molecule has 3 N–H and O–H groups in total. The van der Waals surface area contributed by atoms with Crippen LogP contribution in [0.4, 0.5) is 0 Å². The summed E-state index contributed by atoms with van der Waals surface area (Å²) < 4.78 is 1.90. The molecule has 0 aliphatic rings. The molecule has 0 aliphatic carbocycles. The van der Waals surface area contributed by atoms with Crippen LogP contribution >= 0.6 is 11.6 Å². The zero-order valence-electron chi connectivity index (χ0n) is 11.1. The molecule has 0 spiro atoms. The number of nitrogens with one attached hydrogen (secondary N) is 1. The summed E-state index contributed by atoms with van der Waals surface area (Å²) in [5.74, 6) is -0.0259. The summed E-state index contributed by atoms with van der Waals surface area (Å²) in [4.78, 5) is 0. The third kappa shape index (κ3) is 2.63. The van der Waals surface area contributed by atoms with Gasteiger partial charge < -0.3 is 5.73 Å². The number of nitrogen functional groups attached to an aromatic ring is 1. The van der Waals surface area contributed by atoms with Gasteiger partial charge in [-0.25, -0.2) is 4.68 Å². The van der Waals surface area contributed by atoms with Crippen LogP contribution in [0.15, 0.2) is 24.3 Å². The minimum atomic E-state index is -0.0259. The van der Waals surface area contributed by atoms with Gasteiger partial charge in [-0.2, -0.15) is 5.10 Å². The van der Waals surface area contributed by atoms with E-state index in [1.807, 2.05) is 10.7 Å². The van der Waals surface area contributed by atoms with Gasteiger partial charge in [-0.3, -0.25) is 5.41 Å². The van der Waals surface area contributed by atoms with Gasteiger partial charge >= 0.3 is 0 Å². The lowest BCUT2D eigenvalue weighted by atomic mass is 10.2. The second-order valence-corrected chi connectivity index (χ2v) is 4.73. The minimum absolute atomic E-state index is 0.0259. The van der Waals surface area contributed by atoms with E-state index in [1.54, 1.807) is 12.1 Å². The number of aromatic nitrogens is 2. The summed E-state index contributed by atoms with van der Waals surface area (Å²) in [5, 5.41) is 12.5. The van der Waals surface area contributed by atoms with E-state index >= 15 is 0 Å². The number of amidine groups is 1. The molecular weight excluding hydrogens is 260 g/mol. The molecule has 0 saturated carbocycles. The molecule has 0 fully saturated rings. The number of halogens is 1. The van der Waals surface area contributed by atoms with E-state index in [0.717, 1.165) is 29.9 Å². The van der Waals surface area contributed by atoms with E-state index in [-0.39, 0.29) is 5.84 Å². The van der Waals surface area contributed by atoms with Crippen LogP contribution in [-0.4, -0.2) is 15.6 Å². The van der Waals surface area contributed by atoms with Crippen molar-refractivity contribution in [2.24, 2.45) is 5.73 Å². The first-order chi connectivity index (χ1) is 9.06. The van der Waals surface area contributed by atoms with Gasteiger partial charge in [0.15, 0.2) is 0 Å². The fraction of sp³-hybridized carbons (Fsp3) is 0.286. The predicted octanol–water partition coefficient (Wildman–Crippen LogP) is 2.93.